The summed E-state index contributed by atoms with van der Waals surface area (Å²) < 4.78 is 5.40. The zero-order valence-electron chi connectivity index (χ0n) is 12.6. The number of benzene rings is 2. The molecule has 2 rings (SSSR count). The molecule has 3 N–H and O–H groups in total. The lowest BCUT2D eigenvalue weighted by Gasteiger charge is -2.16. The average Bonchev–Trinajstić information content (AvgIpc) is 2.52. The SMILES string of the molecule is CCNC(=O)C(CN)Cc1ccc(OC)c2ccccc12. The van der Waals surface area contributed by atoms with Crippen LogP contribution in [0, 0.1) is 5.92 Å². The molecule has 0 aliphatic rings. The zero-order valence-corrected chi connectivity index (χ0v) is 12.6. The summed E-state index contributed by atoms with van der Waals surface area (Å²) in [5, 5.41) is 5.01. The van der Waals surface area contributed by atoms with Crippen LogP contribution in [0.15, 0.2) is 36.4 Å². The monoisotopic (exact) mass is 286 g/mol. The maximum Gasteiger partial charge on any atom is 0.224 e. The number of fused-ring (bicyclic) bond motifs is 1. The van der Waals surface area contributed by atoms with E-state index >= 15 is 0 Å². The Morgan fingerprint density at radius 2 is 1.95 bits per heavy atom. The first kappa shape index (κ1) is 15.3. The number of methoxy groups -OCH3 is 1. The molecule has 2 aromatic carbocycles. The highest BCUT2D eigenvalue weighted by molar-refractivity contribution is 5.91. The molecule has 21 heavy (non-hydrogen) atoms. The lowest BCUT2D eigenvalue weighted by atomic mass is 9.94. The minimum atomic E-state index is -0.207. The molecular formula is C17H22N2O2. The smallest absolute Gasteiger partial charge is 0.224 e. The van der Waals surface area contributed by atoms with Gasteiger partial charge in [0.05, 0.1) is 13.0 Å². The topological polar surface area (TPSA) is 64.4 Å². The molecule has 4 heteroatoms. The number of nitrogens with two attached hydrogens (primary N) is 1. The van der Waals surface area contributed by atoms with Crippen LogP contribution in [0.25, 0.3) is 10.8 Å². The van der Waals surface area contributed by atoms with E-state index < -0.39 is 0 Å². The fourth-order valence-corrected chi connectivity index (χ4v) is 2.56. The van der Waals surface area contributed by atoms with E-state index in [1.54, 1.807) is 7.11 Å². The van der Waals surface area contributed by atoms with E-state index in [1.165, 1.54) is 0 Å². The molecule has 2 aromatic rings. The van der Waals surface area contributed by atoms with E-state index in [1.807, 2.05) is 37.3 Å². The zero-order chi connectivity index (χ0) is 15.2. The second-order valence-corrected chi connectivity index (χ2v) is 5.00. The lowest BCUT2D eigenvalue weighted by Crippen LogP contribution is -2.36. The second-order valence-electron chi connectivity index (χ2n) is 5.00. The van der Waals surface area contributed by atoms with Gasteiger partial charge in [0.25, 0.3) is 0 Å². The van der Waals surface area contributed by atoms with Gasteiger partial charge in [-0.3, -0.25) is 4.79 Å². The molecule has 0 saturated heterocycles. The molecule has 0 heterocycles. The van der Waals surface area contributed by atoms with E-state index in [0.717, 1.165) is 22.1 Å². The molecule has 112 valence electrons. The Kier molecular flexibility index (Phi) is 5.17. The molecule has 0 aliphatic carbocycles. The molecule has 0 fully saturated rings. The number of carbonyl (C=O) groups is 1. The standard InChI is InChI=1S/C17H22N2O2/c1-3-19-17(20)13(11-18)10-12-8-9-16(21-2)15-7-5-4-6-14(12)15/h4-9,13H,3,10-11,18H2,1-2H3,(H,19,20). The fourth-order valence-electron chi connectivity index (χ4n) is 2.56. The van der Waals surface area contributed by atoms with Gasteiger partial charge in [0.15, 0.2) is 0 Å². The molecule has 0 radical (unpaired) electrons. The van der Waals surface area contributed by atoms with Crippen LogP contribution in [0.2, 0.25) is 0 Å². The Labute approximate surface area is 125 Å². The average molecular weight is 286 g/mol. The van der Waals surface area contributed by atoms with Gasteiger partial charge in [0.2, 0.25) is 5.91 Å². The Morgan fingerprint density at radius 1 is 1.24 bits per heavy atom. The first-order valence-corrected chi connectivity index (χ1v) is 7.23. The maximum absolute atomic E-state index is 12.0. The predicted molar refractivity (Wildman–Crippen MR) is 85.4 cm³/mol. The molecule has 0 spiro atoms. The van der Waals surface area contributed by atoms with Gasteiger partial charge >= 0.3 is 0 Å². The van der Waals surface area contributed by atoms with Crippen molar-refractivity contribution in [1.29, 1.82) is 0 Å². The number of nitrogens with one attached hydrogen (secondary N) is 1. The first-order chi connectivity index (χ1) is 10.2. The third kappa shape index (κ3) is 3.34. The summed E-state index contributed by atoms with van der Waals surface area (Å²) in [5.74, 6) is 0.651. The Bertz CT molecular complexity index is 625. The van der Waals surface area contributed by atoms with Crippen LogP contribution in [0.5, 0.6) is 5.75 Å². The van der Waals surface area contributed by atoms with E-state index in [9.17, 15) is 4.79 Å². The summed E-state index contributed by atoms with van der Waals surface area (Å²) in [5.41, 5.74) is 6.89. The molecule has 1 atom stereocenters. The van der Waals surface area contributed by atoms with Gasteiger partial charge in [-0.15, -0.1) is 0 Å². The van der Waals surface area contributed by atoms with Crippen LogP contribution in [0.4, 0.5) is 0 Å². The molecule has 4 nitrogen and oxygen atoms in total. The highest BCUT2D eigenvalue weighted by Crippen LogP contribution is 2.29. The van der Waals surface area contributed by atoms with Crippen LogP contribution in [-0.4, -0.2) is 26.1 Å². The summed E-state index contributed by atoms with van der Waals surface area (Å²) in [6.07, 6.45) is 0.632. The van der Waals surface area contributed by atoms with Crippen LogP contribution >= 0.6 is 0 Å². The Hall–Kier alpha value is -2.07. The van der Waals surface area contributed by atoms with Gasteiger partial charge < -0.3 is 15.8 Å². The van der Waals surface area contributed by atoms with Crippen molar-refractivity contribution in [1.82, 2.24) is 5.32 Å². The van der Waals surface area contributed by atoms with Crippen LogP contribution in [0.3, 0.4) is 0 Å². The fraction of sp³-hybridized carbons (Fsp3) is 0.353. The third-order valence-corrected chi connectivity index (χ3v) is 3.67. The molecule has 0 aliphatic heterocycles. The van der Waals surface area contributed by atoms with Crippen LogP contribution in [0.1, 0.15) is 12.5 Å². The summed E-state index contributed by atoms with van der Waals surface area (Å²) in [6.45, 7) is 2.87. The summed E-state index contributed by atoms with van der Waals surface area (Å²) >= 11 is 0. The van der Waals surface area contributed by atoms with Crippen molar-refractivity contribution in [3.05, 3.63) is 42.0 Å². The van der Waals surface area contributed by atoms with Crippen molar-refractivity contribution < 1.29 is 9.53 Å². The highest BCUT2D eigenvalue weighted by Gasteiger charge is 2.18. The van der Waals surface area contributed by atoms with Crippen LogP contribution in [-0.2, 0) is 11.2 Å². The predicted octanol–water partition coefficient (Wildman–Crippen LogP) is 2.10. The summed E-state index contributed by atoms with van der Waals surface area (Å²) in [4.78, 5) is 12.0. The van der Waals surface area contributed by atoms with Gasteiger partial charge in [-0.1, -0.05) is 30.3 Å². The maximum atomic E-state index is 12.0. The van der Waals surface area contributed by atoms with Crippen molar-refractivity contribution in [2.24, 2.45) is 11.7 Å². The van der Waals surface area contributed by atoms with Gasteiger partial charge in [0.1, 0.15) is 5.75 Å². The van der Waals surface area contributed by atoms with Crippen molar-refractivity contribution in [3.63, 3.8) is 0 Å². The van der Waals surface area contributed by atoms with Crippen molar-refractivity contribution in [2.75, 3.05) is 20.2 Å². The van der Waals surface area contributed by atoms with Crippen molar-refractivity contribution in [2.45, 2.75) is 13.3 Å². The van der Waals surface area contributed by atoms with Gasteiger partial charge in [-0.05, 0) is 30.4 Å². The van der Waals surface area contributed by atoms with Gasteiger partial charge in [0, 0.05) is 18.5 Å². The molecule has 1 amide bonds. The number of ether oxygens (including phenoxy) is 1. The number of rotatable bonds is 6. The third-order valence-electron chi connectivity index (χ3n) is 3.67. The van der Waals surface area contributed by atoms with Gasteiger partial charge in [-0.2, -0.15) is 0 Å². The minimum absolute atomic E-state index is 0.0138. The van der Waals surface area contributed by atoms with E-state index in [0.29, 0.717) is 19.5 Å². The molecule has 0 bridgehead atoms. The number of carbonyl (C=O) groups excluding carboxylic acids is 1. The Balaban J connectivity index is 2.36. The minimum Gasteiger partial charge on any atom is -0.496 e. The van der Waals surface area contributed by atoms with E-state index in [-0.39, 0.29) is 11.8 Å². The quantitative estimate of drug-likeness (QED) is 0.854. The van der Waals surface area contributed by atoms with Crippen molar-refractivity contribution >= 4 is 16.7 Å². The summed E-state index contributed by atoms with van der Waals surface area (Å²) in [7, 11) is 1.67. The van der Waals surface area contributed by atoms with Gasteiger partial charge in [-0.25, -0.2) is 0 Å². The van der Waals surface area contributed by atoms with E-state index in [2.05, 4.69) is 11.4 Å². The highest BCUT2D eigenvalue weighted by atomic mass is 16.5. The number of hydrogen-bond acceptors (Lipinski definition) is 3. The second kappa shape index (κ2) is 7.09. The summed E-state index contributed by atoms with van der Waals surface area (Å²) in [6, 6.07) is 12.0. The van der Waals surface area contributed by atoms with Crippen LogP contribution < -0.4 is 15.8 Å². The normalized spacial score (nSPS) is 12.1. The first-order valence-electron chi connectivity index (χ1n) is 7.23. The molecule has 0 saturated carbocycles. The van der Waals surface area contributed by atoms with Crippen molar-refractivity contribution in [3.8, 4) is 5.75 Å². The Morgan fingerprint density at radius 3 is 2.57 bits per heavy atom. The largest absolute Gasteiger partial charge is 0.496 e. The van der Waals surface area contributed by atoms with E-state index in [4.69, 9.17) is 10.5 Å². The number of amides is 1. The molecule has 0 aromatic heterocycles. The lowest BCUT2D eigenvalue weighted by molar-refractivity contribution is -0.124. The molecular weight excluding hydrogens is 264 g/mol. The number of hydrogen-bond donors (Lipinski definition) is 2. The molecule has 1 unspecified atom stereocenters.